The summed E-state index contributed by atoms with van der Waals surface area (Å²) in [6.45, 7) is 4.80. The summed E-state index contributed by atoms with van der Waals surface area (Å²) in [4.78, 5) is 0. The first-order valence-corrected chi connectivity index (χ1v) is 6.35. The molecule has 0 heterocycles. The summed E-state index contributed by atoms with van der Waals surface area (Å²) in [5, 5.41) is 0. The Hall–Kier alpha value is 1.55. The molecule has 0 aliphatic heterocycles. The largest absolute Gasteiger partial charge is 1.00 e. The van der Waals surface area contributed by atoms with E-state index in [2.05, 4.69) is 18.0 Å². The Morgan fingerprint density at radius 3 is 2.07 bits per heavy atom. The average molecular weight is 260 g/mol. The smallest absolute Gasteiger partial charge is 0.424 e. The first-order chi connectivity index (χ1) is 6.63. The molecule has 0 aliphatic rings. The van der Waals surface area contributed by atoms with Gasteiger partial charge in [-0.3, -0.25) is 0 Å². The van der Waals surface area contributed by atoms with Gasteiger partial charge >= 0.3 is 51.4 Å². The van der Waals surface area contributed by atoms with Gasteiger partial charge in [-0.2, -0.15) is 0 Å². The van der Waals surface area contributed by atoms with E-state index in [9.17, 15) is 8.42 Å². The van der Waals surface area contributed by atoms with Crippen molar-refractivity contribution in [3.8, 4) is 0 Å². The topological polar surface area (TPSA) is 43.4 Å². The molecule has 86 valence electrons. The Labute approximate surface area is 138 Å². The van der Waals surface area contributed by atoms with Gasteiger partial charge in [-0.05, 0) is 12.3 Å². The molecule has 0 amide bonds. The van der Waals surface area contributed by atoms with Crippen LogP contribution in [-0.4, -0.2) is 6.61 Å². The van der Waals surface area contributed by atoms with E-state index in [0.717, 1.165) is 18.8 Å². The van der Waals surface area contributed by atoms with Crippen LogP contribution in [0.1, 0.15) is 52.4 Å². The van der Waals surface area contributed by atoms with E-state index in [-0.39, 0.29) is 51.4 Å². The van der Waals surface area contributed by atoms with E-state index in [1.165, 1.54) is 25.7 Å². The second-order valence-electron chi connectivity index (χ2n) is 3.98. The Morgan fingerprint density at radius 1 is 1.00 bits per heavy atom. The van der Waals surface area contributed by atoms with Gasteiger partial charge in [0.25, 0.3) is 0 Å². The van der Waals surface area contributed by atoms with Gasteiger partial charge in [-0.1, -0.05) is 46.0 Å². The van der Waals surface area contributed by atoms with Crippen LogP contribution in [0.25, 0.3) is 0 Å². The fourth-order valence-electron chi connectivity index (χ4n) is 1.31. The first kappa shape index (κ1) is 18.9. The Balaban J connectivity index is 0. The number of hydrogen-bond donors (Lipinski definition) is 0. The Morgan fingerprint density at radius 2 is 1.53 bits per heavy atom. The van der Waals surface area contributed by atoms with Gasteiger partial charge in [0.05, 0.1) is 11.0 Å². The molecule has 3 nitrogen and oxygen atoms in total. The molecule has 0 atom stereocenters. The molecule has 0 bridgehead atoms. The summed E-state index contributed by atoms with van der Waals surface area (Å²) in [6, 6.07) is 0. The zero-order valence-corrected chi connectivity index (χ0v) is 14.1. The maximum atomic E-state index is 9.99. The third-order valence-corrected chi connectivity index (χ3v) is 2.46. The van der Waals surface area contributed by atoms with Crippen LogP contribution < -0.4 is 51.4 Å². The molecular weight excluding hydrogens is 239 g/mol. The first-order valence-electron chi connectivity index (χ1n) is 5.35. The Bertz CT molecular complexity index is 185. The maximum Gasteiger partial charge on any atom is 1.00 e. The van der Waals surface area contributed by atoms with Gasteiger partial charge in [-0.25, -0.2) is 0 Å². The summed E-state index contributed by atoms with van der Waals surface area (Å²) in [6.07, 6.45) is 6.91. The van der Waals surface area contributed by atoms with Crippen molar-refractivity contribution in [2.24, 2.45) is 5.92 Å². The molecule has 5 heteroatoms. The molecule has 0 spiro atoms. The van der Waals surface area contributed by atoms with Gasteiger partial charge in [0.2, 0.25) is 0 Å². The van der Waals surface area contributed by atoms with Crippen LogP contribution in [0, 0.1) is 5.92 Å². The van der Waals surface area contributed by atoms with Crippen LogP contribution in [0.3, 0.4) is 0 Å². The molecule has 0 fully saturated rings. The van der Waals surface area contributed by atoms with Crippen molar-refractivity contribution in [2.45, 2.75) is 52.4 Å². The molecule has 0 saturated heterocycles. The maximum absolute atomic E-state index is 9.99. The predicted octanol–water partition coefficient (Wildman–Crippen LogP) is 0.228. The number of unbranched alkanes of at least 4 members (excludes halogenated alkanes) is 4. The van der Waals surface area contributed by atoms with Gasteiger partial charge in [0.1, 0.15) is 0 Å². The standard InChI is InChI=1S/C10H21O3S.K/c1-10(2)8-6-4-3-5-7-9-13-14(11)12;/h10H,3-9H2,1-2H3;/q-1;+1. The quantitative estimate of drug-likeness (QED) is 0.339. The van der Waals surface area contributed by atoms with Crippen molar-refractivity contribution in [2.75, 3.05) is 6.61 Å². The van der Waals surface area contributed by atoms with Gasteiger partial charge < -0.3 is 12.6 Å². The molecule has 0 unspecified atom stereocenters. The fraction of sp³-hybridized carbons (Fsp3) is 1.00. The molecule has 0 aromatic rings. The third-order valence-electron chi connectivity index (χ3n) is 2.11. The molecule has 0 aromatic heterocycles. The molecule has 0 aromatic carbocycles. The molecule has 0 aliphatic carbocycles. The van der Waals surface area contributed by atoms with E-state index in [1.54, 1.807) is 0 Å². The van der Waals surface area contributed by atoms with Crippen LogP contribution in [-0.2, 0) is 23.6 Å². The van der Waals surface area contributed by atoms with Crippen LogP contribution >= 0.6 is 0 Å². The van der Waals surface area contributed by atoms with E-state index >= 15 is 0 Å². The van der Waals surface area contributed by atoms with Crippen LogP contribution in [0.5, 0.6) is 0 Å². The van der Waals surface area contributed by atoms with Crippen LogP contribution in [0.2, 0.25) is 0 Å². The summed E-state index contributed by atoms with van der Waals surface area (Å²) >= 11 is 0. The van der Waals surface area contributed by atoms with Crippen LogP contribution in [0.15, 0.2) is 0 Å². The summed E-state index contributed by atoms with van der Waals surface area (Å²) in [7, 11) is -2.33. The third kappa shape index (κ3) is 18.1. The number of hydrogen-bond acceptors (Lipinski definition) is 4. The molecular formula is C10H21KO3S. The minimum absolute atomic E-state index is 0. The Kier molecular flexibility index (Phi) is 17.1. The van der Waals surface area contributed by atoms with Crippen molar-refractivity contribution < 1.29 is 64.0 Å². The van der Waals surface area contributed by atoms with Crippen molar-refractivity contribution >= 4 is 11.0 Å². The molecule has 0 saturated carbocycles. The summed E-state index contributed by atoms with van der Waals surface area (Å²) < 4.78 is 24.4. The van der Waals surface area contributed by atoms with Gasteiger partial charge in [0, 0.05) is 6.61 Å². The second-order valence-corrected chi connectivity index (χ2v) is 4.62. The van der Waals surface area contributed by atoms with E-state index < -0.39 is 11.0 Å². The van der Waals surface area contributed by atoms with Crippen LogP contribution in [0.4, 0.5) is 0 Å². The predicted molar refractivity (Wildman–Crippen MR) is 57.2 cm³/mol. The number of rotatable bonds is 9. The average Bonchev–Trinajstić information content (AvgIpc) is 2.08. The molecule has 0 rings (SSSR count). The monoisotopic (exact) mass is 260 g/mol. The SMILES string of the molecule is CC(C)CCCCCCCO[S-](=O)=O.[K+]. The zero-order chi connectivity index (χ0) is 10.8. The summed E-state index contributed by atoms with van der Waals surface area (Å²) in [5.74, 6) is 0.793. The van der Waals surface area contributed by atoms with E-state index in [4.69, 9.17) is 0 Å². The van der Waals surface area contributed by atoms with E-state index in [0.29, 0.717) is 6.61 Å². The zero-order valence-electron chi connectivity index (χ0n) is 10.2. The normalized spacial score (nSPS) is 10.7. The van der Waals surface area contributed by atoms with Crippen molar-refractivity contribution in [1.82, 2.24) is 0 Å². The molecule has 0 N–H and O–H groups in total. The molecule has 15 heavy (non-hydrogen) atoms. The van der Waals surface area contributed by atoms with E-state index in [1.807, 2.05) is 0 Å². The minimum Gasteiger partial charge on any atom is -0.424 e. The molecule has 0 radical (unpaired) electrons. The van der Waals surface area contributed by atoms with Gasteiger partial charge in [-0.15, -0.1) is 0 Å². The van der Waals surface area contributed by atoms with Crippen molar-refractivity contribution in [3.63, 3.8) is 0 Å². The minimum atomic E-state index is -2.33. The second kappa shape index (κ2) is 13.6. The summed E-state index contributed by atoms with van der Waals surface area (Å²) in [5.41, 5.74) is 0. The van der Waals surface area contributed by atoms with Gasteiger partial charge in [0.15, 0.2) is 0 Å². The van der Waals surface area contributed by atoms with Crippen molar-refractivity contribution in [1.29, 1.82) is 0 Å². The fourth-order valence-corrected chi connectivity index (χ4v) is 1.57. The van der Waals surface area contributed by atoms with Crippen molar-refractivity contribution in [3.05, 3.63) is 0 Å².